The van der Waals surface area contributed by atoms with Crippen LogP contribution < -0.4 is 9.47 Å². The molecule has 30 heavy (non-hydrogen) atoms. The van der Waals surface area contributed by atoms with Gasteiger partial charge in [-0.3, -0.25) is 9.69 Å². The maximum Gasteiger partial charge on any atom is 0.289 e. The van der Waals surface area contributed by atoms with Crippen molar-refractivity contribution in [1.82, 2.24) is 9.80 Å². The lowest BCUT2D eigenvalue weighted by Crippen LogP contribution is -2.48. The summed E-state index contributed by atoms with van der Waals surface area (Å²) in [6.07, 6.45) is 0. The van der Waals surface area contributed by atoms with Crippen LogP contribution in [0.2, 0.25) is 5.02 Å². The first-order chi connectivity index (χ1) is 14.5. The van der Waals surface area contributed by atoms with Gasteiger partial charge >= 0.3 is 0 Å². The number of nitrogens with zero attached hydrogens (tertiary/aromatic N) is 2. The second kappa shape index (κ2) is 8.58. The Labute approximate surface area is 180 Å². The molecule has 1 aliphatic rings. The second-order valence-electron chi connectivity index (χ2n) is 7.44. The number of ether oxygens (including phenoxy) is 2. The van der Waals surface area contributed by atoms with E-state index in [1.807, 2.05) is 36.1 Å². The van der Waals surface area contributed by atoms with Crippen LogP contribution in [0.15, 0.2) is 40.8 Å². The molecule has 1 saturated heterocycles. The summed E-state index contributed by atoms with van der Waals surface area (Å²) in [4.78, 5) is 17.2. The fourth-order valence-electron chi connectivity index (χ4n) is 3.90. The van der Waals surface area contributed by atoms with Crippen LogP contribution in [0.3, 0.4) is 0 Å². The number of hydrogen-bond acceptors (Lipinski definition) is 5. The van der Waals surface area contributed by atoms with Crippen molar-refractivity contribution in [3.05, 3.63) is 58.3 Å². The average molecular weight is 429 g/mol. The number of rotatable bonds is 5. The number of piperazine rings is 1. The van der Waals surface area contributed by atoms with Gasteiger partial charge in [-0.05, 0) is 43.3 Å². The Bertz CT molecular complexity index is 1070. The lowest BCUT2D eigenvalue weighted by molar-refractivity contribution is 0.0598. The maximum atomic E-state index is 13.1. The van der Waals surface area contributed by atoms with Crippen molar-refractivity contribution in [2.75, 3.05) is 40.4 Å². The molecular formula is C23H25ClN2O4. The zero-order chi connectivity index (χ0) is 21.3. The molecule has 7 heteroatoms. The van der Waals surface area contributed by atoms with Crippen LogP contribution in [0, 0.1) is 6.92 Å². The van der Waals surface area contributed by atoms with Gasteiger partial charge in [0.15, 0.2) is 5.76 Å². The Balaban J connectivity index is 1.44. The fourth-order valence-corrected chi connectivity index (χ4v) is 4.07. The minimum atomic E-state index is -0.0709. The van der Waals surface area contributed by atoms with E-state index in [1.54, 1.807) is 26.4 Å². The van der Waals surface area contributed by atoms with Crippen LogP contribution in [-0.2, 0) is 6.54 Å². The predicted molar refractivity (Wildman–Crippen MR) is 117 cm³/mol. The first kappa shape index (κ1) is 20.6. The van der Waals surface area contributed by atoms with Gasteiger partial charge in [-0.2, -0.15) is 0 Å². The highest BCUT2D eigenvalue weighted by Crippen LogP contribution is 2.29. The highest BCUT2D eigenvalue weighted by atomic mass is 35.5. The van der Waals surface area contributed by atoms with E-state index in [2.05, 4.69) is 4.90 Å². The molecule has 0 saturated carbocycles. The Hall–Kier alpha value is -2.70. The summed E-state index contributed by atoms with van der Waals surface area (Å²) in [6, 6.07) is 11.2. The zero-order valence-electron chi connectivity index (χ0n) is 17.4. The molecule has 6 nitrogen and oxygen atoms in total. The molecule has 0 unspecified atom stereocenters. The summed E-state index contributed by atoms with van der Waals surface area (Å²) >= 11 is 6.09. The largest absolute Gasteiger partial charge is 0.497 e. The lowest BCUT2D eigenvalue weighted by atomic mass is 10.1. The van der Waals surface area contributed by atoms with E-state index in [-0.39, 0.29) is 5.91 Å². The van der Waals surface area contributed by atoms with E-state index >= 15 is 0 Å². The van der Waals surface area contributed by atoms with E-state index in [1.165, 1.54) is 0 Å². The number of hydrogen-bond donors (Lipinski definition) is 0. The quantitative estimate of drug-likeness (QED) is 0.604. The third kappa shape index (κ3) is 3.98. The molecule has 2 heterocycles. The zero-order valence-corrected chi connectivity index (χ0v) is 18.2. The number of carbonyl (C=O) groups is 1. The summed E-state index contributed by atoms with van der Waals surface area (Å²) in [5, 5.41) is 1.52. The third-order valence-electron chi connectivity index (χ3n) is 5.63. The Morgan fingerprint density at radius 3 is 2.53 bits per heavy atom. The van der Waals surface area contributed by atoms with Gasteiger partial charge in [0.1, 0.15) is 17.1 Å². The van der Waals surface area contributed by atoms with E-state index in [9.17, 15) is 4.79 Å². The van der Waals surface area contributed by atoms with Gasteiger partial charge in [-0.15, -0.1) is 0 Å². The fraction of sp³-hybridized carbons (Fsp3) is 0.348. The first-order valence-corrected chi connectivity index (χ1v) is 10.3. The molecule has 1 fully saturated rings. The van der Waals surface area contributed by atoms with Crippen LogP contribution in [-0.4, -0.2) is 56.1 Å². The minimum Gasteiger partial charge on any atom is -0.497 e. The van der Waals surface area contributed by atoms with E-state index < -0.39 is 0 Å². The van der Waals surface area contributed by atoms with Crippen molar-refractivity contribution in [2.24, 2.45) is 0 Å². The molecule has 0 bridgehead atoms. The van der Waals surface area contributed by atoms with Gasteiger partial charge in [0.2, 0.25) is 0 Å². The summed E-state index contributed by atoms with van der Waals surface area (Å²) in [5.41, 5.74) is 2.59. The number of benzene rings is 2. The number of halogens is 1. The number of methoxy groups -OCH3 is 2. The molecule has 1 aliphatic heterocycles. The third-order valence-corrected chi connectivity index (χ3v) is 5.87. The summed E-state index contributed by atoms with van der Waals surface area (Å²) in [5.74, 6) is 1.97. The summed E-state index contributed by atoms with van der Waals surface area (Å²) in [6.45, 7) is 5.48. The van der Waals surface area contributed by atoms with Crippen LogP contribution >= 0.6 is 11.6 Å². The monoisotopic (exact) mass is 428 g/mol. The van der Waals surface area contributed by atoms with Crippen molar-refractivity contribution in [1.29, 1.82) is 0 Å². The molecule has 0 aliphatic carbocycles. The Morgan fingerprint density at radius 2 is 1.83 bits per heavy atom. The van der Waals surface area contributed by atoms with Gasteiger partial charge in [0.05, 0.1) is 14.2 Å². The van der Waals surface area contributed by atoms with Crippen LogP contribution in [0.1, 0.15) is 21.7 Å². The first-order valence-electron chi connectivity index (χ1n) is 9.91. The second-order valence-corrected chi connectivity index (χ2v) is 7.88. The molecule has 2 aromatic carbocycles. The molecule has 3 aromatic rings. The van der Waals surface area contributed by atoms with Gasteiger partial charge in [0, 0.05) is 54.3 Å². The van der Waals surface area contributed by atoms with Gasteiger partial charge in [0.25, 0.3) is 5.91 Å². The molecule has 158 valence electrons. The molecule has 0 radical (unpaired) electrons. The molecular weight excluding hydrogens is 404 g/mol. The molecule has 1 amide bonds. The maximum absolute atomic E-state index is 13.1. The molecule has 1 aromatic heterocycles. The van der Waals surface area contributed by atoms with Gasteiger partial charge in [-0.25, -0.2) is 0 Å². The molecule has 0 spiro atoms. The minimum absolute atomic E-state index is 0.0709. The Kier molecular flexibility index (Phi) is 5.88. The van der Waals surface area contributed by atoms with E-state index in [0.717, 1.165) is 47.6 Å². The number of amides is 1. The number of aryl methyl sites for hydroxylation is 1. The number of fused-ring (bicyclic) bond motifs is 1. The van der Waals surface area contributed by atoms with Crippen molar-refractivity contribution < 1.29 is 18.7 Å². The van der Waals surface area contributed by atoms with Gasteiger partial charge < -0.3 is 18.8 Å². The normalized spacial score (nSPS) is 14.9. The van der Waals surface area contributed by atoms with Crippen molar-refractivity contribution in [3.8, 4) is 11.5 Å². The van der Waals surface area contributed by atoms with Crippen LogP contribution in [0.5, 0.6) is 11.5 Å². The highest BCUT2D eigenvalue weighted by Gasteiger charge is 2.27. The highest BCUT2D eigenvalue weighted by molar-refractivity contribution is 6.31. The molecule has 0 atom stereocenters. The van der Waals surface area contributed by atoms with Crippen molar-refractivity contribution >= 4 is 28.5 Å². The lowest BCUT2D eigenvalue weighted by Gasteiger charge is -2.34. The van der Waals surface area contributed by atoms with E-state index in [4.69, 9.17) is 25.5 Å². The van der Waals surface area contributed by atoms with Gasteiger partial charge in [-0.1, -0.05) is 11.6 Å². The SMILES string of the molecule is COc1ccc(OC)c(CN2CCN(C(=O)c3oc4ccc(Cl)cc4c3C)CC2)c1. The van der Waals surface area contributed by atoms with Crippen molar-refractivity contribution in [3.63, 3.8) is 0 Å². The average Bonchev–Trinajstić information content (AvgIpc) is 3.09. The number of carbonyl (C=O) groups excluding carboxylic acids is 1. The van der Waals surface area contributed by atoms with Crippen molar-refractivity contribution in [2.45, 2.75) is 13.5 Å². The van der Waals surface area contributed by atoms with Crippen LogP contribution in [0.4, 0.5) is 0 Å². The predicted octanol–water partition coefficient (Wildman–Crippen LogP) is 4.37. The van der Waals surface area contributed by atoms with Crippen LogP contribution in [0.25, 0.3) is 11.0 Å². The summed E-state index contributed by atoms with van der Waals surface area (Å²) in [7, 11) is 3.33. The molecule has 0 N–H and O–H groups in total. The smallest absolute Gasteiger partial charge is 0.289 e. The summed E-state index contributed by atoms with van der Waals surface area (Å²) < 4.78 is 16.7. The van der Waals surface area contributed by atoms with E-state index in [0.29, 0.717) is 29.5 Å². The number of furan rings is 1. The molecule has 4 rings (SSSR count). The Morgan fingerprint density at radius 1 is 1.07 bits per heavy atom. The topological polar surface area (TPSA) is 55.2 Å². The standard InChI is InChI=1S/C23H25ClN2O4/c1-15-19-13-17(24)4-6-21(19)30-22(15)23(27)26-10-8-25(9-11-26)14-16-12-18(28-2)5-7-20(16)29-3/h4-7,12-13H,8-11,14H2,1-3H3.